The highest BCUT2D eigenvalue weighted by atomic mass is 35.5. The summed E-state index contributed by atoms with van der Waals surface area (Å²) in [5.74, 6) is 0. The Morgan fingerprint density at radius 1 is 1.18 bits per heavy atom. The van der Waals surface area contributed by atoms with Crippen molar-refractivity contribution in [1.29, 1.82) is 0 Å². The molecule has 1 unspecified atom stereocenters. The SMILES string of the molecule is [O-][S+](c1cn(-c2ccc(C(F)(F)F)cc2Cl)cn1)C(F)(Cl)Cl. The quantitative estimate of drug-likeness (QED) is 0.429. The summed E-state index contributed by atoms with van der Waals surface area (Å²) in [4.78, 5) is 3.64. The van der Waals surface area contributed by atoms with E-state index in [1.165, 1.54) is 4.57 Å². The lowest BCUT2D eigenvalue weighted by atomic mass is 10.2. The Bertz CT molecular complexity index is 687. The van der Waals surface area contributed by atoms with Gasteiger partial charge in [-0.1, -0.05) is 11.6 Å². The highest BCUT2D eigenvalue weighted by molar-refractivity contribution is 7.95. The van der Waals surface area contributed by atoms with Gasteiger partial charge in [0.1, 0.15) is 6.33 Å². The first-order chi connectivity index (χ1) is 10.00. The van der Waals surface area contributed by atoms with E-state index in [0.717, 1.165) is 30.7 Å². The van der Waals surface area contributed by atoms with Crippen molar-refractivity contribution in [2.24, 2.45) is 0 Å². The first-order valence-electron chi connectivity index (χ1n) is 5.40. The minimum Gasteiger partial charge on any atom is -0.606 e. The summed E-state index contributed by atoms with van der Waals surface area (Å²) in [6.45, 7) is 0. The van der Waals surface area contributed by atoms with E-state index in [4.69, 9.17) is 34.8 Å². The number of nitrogens with zero attached hydrogens (tertiary/aromatic N) is 2. The van der Waals surface area contributed by atoms with Crippen LogP contribution in [-0.4, -0.2) is 18.0 Å². The van der Waals surface area contributed by atoms with Crippen LogP contribution < -0.4 is 0 Å². The van der Waals surface area contributed by atoms with E-state index in [0.29, 0.717) is 0 Å². The predicted octanol–water partition coefficient (Wildman–Crippen LogP) is 4.71. The lowest BCUT2D eigenvalue weighted by Gasteiger charge is -2.12. The summed E-state index contributed by atoms with van der Waals surface area (Å²) in [6, 6.07) is 2.65. The Labute approximate surface area is 140 Å². The average Bonchev–Trinajstić information content (AvgIpc) is 2.84. The zero-order valence-electron chi connectivity index (χ0n) is 10.2. The molecule has 2 rings (SSSR count). The second-order valence-electron chi connectivity index (χ2n) is 4.00. The molecule has 120 valence electrons. The number of imidazole rings is 1. The van der Waals surface area contributed by atoms with Gasteiger partial charge in [-0.3, -0.25) is 4.57 Å². The summed E-state index contributed by atoms with van der Waals surface area (Å²) >= 11 is 13.5. The molecule has 1 aromatic carbocycles. The Hall–Kier alpha value is -0.670. The molecule has 0 spiro atoms. The largest absolute Gasteiger partial charge is 0.606 e. The van der Waals surface area contributed by atoms with Crippen molar-refractivity contribution in [2.75, 3.05) is 0 Å². The van der Waals surface area contributed by atoms with Crippen molar-refractivity contribution in [3.05, 3.63) is 41.3 Å². The maximum Gasteiger partial charge on any atom is 0.425 e. The highest BCUT2D eigenvalue weighted by Gasteiger charge is 2.41. The van der Waals surface area contributed by atoms with Gasteiger partial charge in [-0.15, -0.1) is 0 Å². The smallest absolute Gasteiger partial charge is 0.425 e. The molecule has 1 heterocycles. The third kappa shape index (κ3) is 3.80. The third-order valence-electron chi connectivity index (χ3n) is 2.51. The van der Waals surface area contributed by atoms with Crippen LogP contribution in [0.4, 0.5) is 17.6 Å². The first kappa shape index (κ1) is 17.7. The van der Waals surface area contributed by atoms with Crippen LogP contribution in [-0.2, 0) is 17.4 Å². The molecule has 11 heteroatoms. The normalized spacial score (nSPS) is 14.2. The lowest BCUT2D eigenvalue weighted by Crippen LogP contribution is -2.21. The lowest BCUT2D eigenvalue weighted by molar-refractivity contribution is -0.137. The van der Waals surface area contributed by atoms with Crippen LogP contribution >= 0.6 is 34.8 Å². The third-order valence-corrected chi connectivity index (χ3v) is 4.67. The summed E-state index contributed by atoms with van der Waals surface area (Å²) < 4.78 is 60.6. The topological polar surface area (TPSA) is 40.9 Å². The van der Waals surface area contributed by atoms with Crippen LogP contribution in [0.15, 0.2) is 35.7 Å². The summed E-state index contributed by atoms with van der Waals surface area (Å²) in [7, 11) is 0. The zero-order valence-corrected chi connectivity index (χ0v) is 13.3. The Morgan fingerprint density at radius 3 is 2.32 bits per heavy atom. The van der Waals surface area contributed by atoms with Gasteiger partial charge < -0.3 is 4.55 Å². The molecular formula is C11H5Cl3F4N2OS. The van der Waals surface area contributed by atoms with E-state index in [9.17, 15) is 22.1 Å². The molecule has 0 aliphatic carbocycles. The van der Waals surface area contributed by atoms with E-state index >= 15 is 0 Å². The molecule has 2 aromatic rings. The summed E-state index contributed by atoms with van der Waals surface area (Å²) in [5, 5.41) is -0.503. The van der Waals surface area contributed by atoms with Crippen LogP contribution in [0.3, 0.4) is 0 Å². The molecule has 0 saturated heterocycles. The molecule has 0 amide bonds. The number of alkyl halides is 6. The predicted molar refractivity (Wildman–Crippen MR) is 75.5 cm³/mol. The molecule has 22 heavy (non-hydrogen) atoms. The number of benzene rings is 1. The van der Waals surface area contributed by atoms with Crippen LogP contribution in [0.2, 0.25) is 5.02 Å². The zero-order chi connectivity index (χ0) is 16.7. The van der Waals surface area contributed by atoms with Crippen molar-refractivity contribution in [1.82, 2.24) is 9.55 Å². The summed E-state index contributed by atoms with van der Waals surface area (Å²) in [5.41, 5.74) is -0.784. The average molecular weight is 396 g/mol. The molecular weight excluding hydrogens is 391 g/mol. The van der Waals surface area contributed by atoms with Gasteiger partial charge >= 0.3 is 10.1 Å². The van der Waals surface area contributed by atoms with E-state index in [1.54, 1.807) is 0 Å². The molecule has 0 aliphatic heterocycles. The van der Waals surface area contributed by atoms with E-state index in [2.05, 4.69) is 4.98 Å². The van der Waals surface area contributed by atoms with Gasteiger partial charge in [-0.25, -0.2) is 0 Å². The molecule has 0 radical (unpaired) electrons. The van der Waals surface area contributed by atoms with Crippen LogP contribution in [0.1, 0.15) is 5.56 Å². The maximum atomic E-state index is 13.2. The number of aromatic nitrogens is 2. The molecule has 0 N–H and O–H groups in total. The van der Waals surface area contributed by atoms with Gasteiger partial charge in [0.25, 0.3) is 5.03 Å². The van der Waals surface area contributed by atoms with Crippen LogP contribution in [0, 0.1) is 0 Å². The van der Waals surface area contributed by atoms with Gasteiger partial charge in [0.05, 0.1) is 33.6 Å². The van der Waals surface area contributed by atoms with E-state index in [1.807, 2.05) is 0 Å². The minimum absolute atomic E-state index is 0.138. The maximum absolute atomic E-state index is 13.2. The van der Waals surface area contributed by atoms with Crippen molar-refractivity contribution in [3.8, 4) is 5.69 Å². The second kappa shape index (κ2) is 6.09. The highest BCUT2D eigenvalue weighted by Crippen LogP contribution is 2.36. The minimum atomic E-state index is -4.53. The number of rotatable bonds is 3. The molecule has 0 aliphatic rings. The van der Waals surface area contributed by atoms with Crippen LogP contribution in [0.25, 0.3) is 5.69 Å². The van der Waals surface area contributed by atoms with E-state index < -0.39 is 26.8 Å². The van der Waals surface area contributed by atoms with Crippen molar-refractivity contribution < 1.29 is 22.1 Å². The van der Waals surface area contributed by atoms with Crippen molar-refractivity contribution in [2.45, 2.75) is 15.1 Å². The van der Waals surface area contributed by atoms with Gasteiger partial charge in [-0.05, 0) is 41.4 Å². The Kier molecular flexibility index (Phi) is 4.89. The molecule has 1 atom stereocenters. The van der Waals surface area contributed by atoms with Gasteiger partial charge in [0.2, 0.25) is 0 Å². The fourth-order valence-corrected chi connectivity index (χ4v) is 2.89. The summed E-state index contributed by atoms with van der Waals surface area (Å²) in [6.07, 6.45) is -2.33. The Balaban J connectivity index is 2.36. The molecule has 0 fully saturated rings. The molecule has 1 aromatic heterocycles. The number of hydrogen-bond donors (Lipinski definition) is 0. The Morgan fingerprint density at radius 2 is 1.82 bits per heavy atom. The molecule has 0 saturated carbocycles. The van der Waals surface area contributed by atoms with Crippen LogP contribution in [0.5, 0.6) is 0 Å². The number of hydrogen-bond acceptors (Lipinski definition) is 2. The van der Waals surface area contributed by atoms with Gasteiger partial charge in [0.15, 0.2) is 0 Å². The fourth-order valence-electron chi connectivity index (χ4n) is 1.54. The van der Waals surface area contributed by atoms with Crippen molar-refractivity contribution >= 4 is 46.0 Å². The van der Waals surface area contributed by atoms with Crippen molar-refractivity contribution in [3.63, 3.8) is 0 Å². The monoisotopic (exact) mass is 394 g/mol. The molecule has 3 nitrogen and oxygen atoms in total. The standard InChI is InChI=1S/C11H5Cl3F4N2OS/c12-7-3-6(10(15,16)17)1-2-8(7)20-4-9(19-5-20)22(21)11(13,14)18/h1-5H. The van der Waals surface area contributed by atoms with E-state index in [-0.39, 0.29) is 15.7 Å². The number of halogens is 7. The fraction of sp³-hybridized carbons (Fsp3) is 0.182. The second-order valence-corrected chi connectivity index (χ2v) is 7.61. The van der Waals surface area contributed by atoms with Gasteiger partial charge in [-0.2, -0.15) is 22.5 Å². The molecule has 0 bridgehead atoms. The first-order valence-corrected chi connectivity index (χ1v) is 7.68. The van der Waals surface area contributed by atoms with Gasteiger partial charge in [0, 0.05) is 0 Å².